The highest BCUT2D eigenvalue weighted by molar-refractivity contribution is 14.1. The normalized spacial score (nSPS) is 11.7. The Morgan fingerprint density at radius 1 is 1.13 bits per heavy atom. The molecule has 0 saturated carbocycles. The lowest BCUT2D eigenvalue weighted by molar-refractivity contribution is -0.134. The van der Waals surface area contributed by atoms with Crippen LogP contribution in [0.4, 0.5) is 0 Å². The lowest BCUT2D eigenvalue weighted by Crippen LogP contribution is -2.37. The second-order valence-corrected chi connectivity index (χ2v) is 9.03. The van der Waals surface area contributed by atoms with Crippen LogP contribution in [0.3, 0.4) is 0 Å². The quantitative estimate of drug-likeness (QED) is 0.192. The number of carboxylic acids is 1. The Morgan fingerprint density at radius 2 is 1.68 bits per heavy atom. The molecule has 166 valence electrons. The van der Waals surface area contributed by atoms with E-state index >= 15 is 0 Å². The summed E-state index contributed by atoms with van der Waals surface area (Å²) in [5.74, 6) is -0.0525. The number of hydrogen-bond acceptors (Lipinski definition) is 5. The second kappa shape index (κ2) is 11.8. The molecule has 3 aromatic rings. The number of carbonyl (C=O) groups is 2. The maximum atomic E-state index is 13.0. The number of para-hydroxylation sites is 1. The third-order valence-corrected chi connectivity index (χ3v) is 6.20. The van der Waals surface area contributed by atoms with Gasteiger partial charge in [0, 0.05) is 17.9 Å². The van der Waals surface area contributed by atoms with E-state index in [2.05, 4.69) is 70.9 Å². The molecule has 0 fully saturated rings. The van der Waals surface area contributed by atoms with Gasteiger partial charge in [-0.1, -0.05) is 32.0 Å². The minimum Gasteiger partial charge on any atom is -0.481 e. The Kier molecular flexibility index (Phi) is 9.76. The van der Waals surface area contributed by atoms with Crippen molar-refractivity contribution in [2.24, 2.45) is 0 Å². The third-order valence-electron chi connectivity index (χ3n) is 4.60. The summed E-state index contributed by atoms with van der Waals surface area (Å²) >= 11 is 4.48. The van der Waals surface area contributed by atoms with Crippen LogP contribution in [0.2, 0.25) is 0 Å². The lowest BCUT2D eigenvalue weighted by atomic mass is 10.0. The first kappa shape index (κ1) is 25.6. The summed E-state index contributed by atoms with van der Waals surface area (Å²) in [6, 6.07) is 11.4. The fourth-order valence-corrected chi connectivity index (χ4v) is 5.12. The molecule has 0 bridgehead atoms. The molecule has 1 unspecified atom stereocenters. The van der Waals surface area contributed by atoms with Gasteiger partial charge in [0.1, 0.15) is 23.8 Å². The minimum atomic E-state index is -0.833. The second-order valence-electron chi connectivity index (χ2n) is 6.70. The average Bonchev–Trinajstić information content (AvgIpc) is 3.14. The fourth-order valence-electron chi connectivity index (χ4n) is 3.10. The van der Waals surface area contributed by atoms with Gasteiger partial charge in [0.25, 0.3) is 5.97 Å². The molecule has 0 radical (unpaired) electrons. The first-order chi connectivity index (χ1) is 14.7. The van der Waals surface area contributed by atoms with E-state index in [4.69, 9.17) is 19.1 Å². The lowest BCUT2D eigenvalue weighted by Gasteiger charge is -2.27. The number of furan rings is 1. The molecule has 31 heavy (non-hydrogen) atoms. The van der Waals surface area contributed by atoms with Crippen molar-refractivity contribution in [1.82, 2.24) is 4.90 Å². The van der Waals surface area contributed by atoms with Crippen molar-refractivity contribution in [2.75, 3.05) is 13.1 Å². The molecule has 1 N–H and O–H groups in total. The monoisotopic (exact) mass is 649 g/mol. The van der Waals surface area contributed by atoms with Crippen LogP contribution in [0.5, 0.6) is 5.75 Å². The molecule has 0 aliphatic carbocycles. The smallest absolute Gasteiger partial charge is 0.300 e. The first-order valence-electron chi connectivity index (χ1n) is 9.79. The minimum absolute atomic E-state index is 0.0265. The van der Waals surface area contributed by atoms with Gasteiger partial charge in [-0.25, -0.2) is 0 Å². The first-order valence-corrected chi connectivity index (χ1v) is 11.9. The Morgan fingerprint density at radius 3 is 2.23 bits per heavy atom. The van der Waals surface area contributed by atoms with Crippen molar-refractivity contribution in [1.29, 1.82) is 0 Å². The molecule has 1 atom stereocenters. The molecule has 1 heterocycles. The van der Waals surface area contributed by atoms with E-state index in [1.54, 1.807) is 6.26 Å². The van der Waals surface area contributed by atoms with Gasteiger partial charge in [0.05, 0.1) is 12.7 Å². The van der Waals surface area contributed by atoms with Crippen LogP contribution in [0.1, 0.15) is 43.6 Å². The summed E-state index contributed by atoms with van der Waals surface area (Å²) in [5.41, 5.74) is 1.94. The summed E-state index contributed by atoms with van der Waals surface area (Å²) in [6.45, 7) is 9.23. The molecule has 1 aromatic heterocycles. The van der Waals surface area contributed by atoms with Gasteiger partial charge in [-0.15, -0.1) is 0 Å². The highest BCUT2D eigenvalue weighted by Gasteiger charge is 2.20. The van der Waals surface area contributed by atoms with Gasteiger partial charge >= 0.3 is 0 Å². The molecule has 6 nitrogen and oxygen atoms in total. The average molecular weight is 649 g/mol. The van der Waals surface area contributed by atoms with Crippen molar-refractivity contribution in [2.45, 2.75) is 33.9 Å². The molecular weight excluding hydrogens is 624 g/mol. The zero-order valence-electron chi connectivity index (χ0n) is 17.8. The van der Waals surface area contributed by atoms with E-state index in [1.807, 2.05) is 36.4 Å². The summed E-state index contributed by atoms with van der Waals surface area (Å²) in [6.07, 6.45) is 1.51. The van der Waals surface area contributed by atoms with E-state index in [-0.39, 0.29) is 12.0 Å². The Hall–Kier alpha value is -1.66. The van der Waals surface area contributed by atoms with Crippen LogP contribution in [-0.4, -0.2) is 41.1 Å². The standard InChI is InChI=1S/C21H21I2NO3.C2H4O2/c1-4-24(5-2)13(3)27-21-17(22)10-14(11-18(21)23)20(25)16-12-26-19-9-7-6-8-15(16)19;1-2(3)4/h6-13H,4-5H2,1-3H3;1H3,(H,3,4). The van der Waals surface area contributed by atoms with Crippen LogP contribution in [-0.2, 0) is 4.79 Å². The molecular formula is C23H25I2NO5. The number of rotatable bonds is 7. The van der Waals surface area contributed by atoms with Crippen LogP contribution in [0, 0.1) is 7.14 Å². The SMILES string of the molecule is CC(=O)O.CCN(CC)C(C)Oc1c(I)cc(C(=O)c2coc3ccccc23)cc1I. The van der Waals surface area contributed by atoms with Crippen molar-refractivity contribution in [3.63, 3.8) is 0 Å². The highest BCUT2D eigenvalue weighted by Crippen LogP contribution is 2.32. The zero-order chi connectivity index (χ0) is 23.1. The van der Waals surface area contributed by atoms with E-state index in [9.17, 15) is 4.79 Å². The third kappa shape index (κ3) is 6.66. The number of aliphatic carboxylic acids is 1. The summed E-state index contributed by atoms with van der Waals surface area (Å²) in [7, 11) is 0. The van der Waals surface area contributed by atoms with Crippen molar-refractivity contribution < 1.29 is 23.8 Å². The van der Waals surface area contributed by atoms with Crippen LogP contribution in [0.15, 0.2) is 47.1 Å². The number of nitrogens with zero attached hydrogens (tertiary/aromatic N) is 1. The van der Waals surface area contributed by atoms with Gasteiger partial charge < -0.3 is 14.3 Å². The molecule has 0 spiro atoms. The van der Waals surface area contributed by atoms with Crippen LogP contribution >= 0.6 is 45.2 Å². The number of ketones is 1. The molecule has 3 rings (SSSR count). The number of carbonyl (C=O) groups excluding carboxylic acids is 1. The van der Waals surface area contributed by atoms with Crippen LogP contribution in [0.25, 0.3) is 11.0 Å². The molecule has 0 amide bonds. The summed E-state index contributed by atoms with van der Waals surface area (Å²) < 4.78 is 13.6. The highest BCUT2D eigenvalue weighted by atomic mass is 127. The Bertz CT molecular complexity index is 1030. The summed E-state index contributed by atoms with van der Waals surface area (Å²) in [5, 5.41) is 8.25. The van der Waals surface area contributed by atoms with Gasteiger partial charge in [0.15, 0.2) is 5.78 Å². The van der Waals surface area contributed by atoms with E-state index in [0.29, 0.717) is 11.1 Å². The number of carboxylic acid groups (broad SMARTS) is 1. The maximum absolute atomic E-state index is 13.0. The van der Waals surface area contributed by atoms with Gasteiger partial charge in [0.2, 0.25) is 0 Å². The predicted molar refractivity (Wildman–Crippen MR) is 138 cm³/mol. The number of hydrogen-bond donors (Lipinski definition) is 1. The molecule has 0 aliphatic rings. The number of halogens is 2. The van der Waals surface area contributed by atoms with Crippen molar-refractivity contribution in [3.8, 4) is 5.75 Å². The van der Waals surface area contributed by atoms with Crippen molar-refractivity contribution in [3.05, 3.63) is 60.9 Å². The number of fused-ring (bicyclic) bond motifs is 1. The molecule has 0 saturated heterocycles. The van der Waals surface area contributed by atoms with Crippen molar-refractivity contribution >= 4 is 67.9 Å². The molecule has 8 heteroatoms. The topological polar surface area (TPSA) is 80.0 Å². The summed E-state index contributed by atoms with van der Waals surface area (Å²) in [4.78, 5) is 24.3. The van der Waals surface area contributed by atoms with E-state index in [0.717, 1.165) is 43.9 Å². The Balaban J connectivity index is 0.000000785. The number of ether oxygens (including phenoxy) is 1. The van der Waals surface area contributed by atoms with Crippen LogP contribution < -0.4 is 4.74 Å². The fraction of sp³-hybridized carbons (Fsp3) is 0.304. The maximum Gasteiger partial charge on any atom is 0.300 e. The Labute approximate surface area is 209 Å². The predicted octanol–water partition coefficient (Wildman–Crippen LogP) is 6.03. The van der Waals surface area contributed by atoms with E-state index < -0.39 is 5.97 Å². The van der Waals surface area contributed by atoms with Gasteiger partial charge in [-0.3, -0.25) is 14.5 Å². The van der Waals surface area contributed by atoms with Gasteiger partial charge in [-0.05, 0) is 83.4 Å². The molecule has 0 aliphatic heterocycles. The zero-order valence-corrected chi connectivity index (χ0v) is 22.1. The van der Waals surface area contributed by atoms with E-state index in [1.165, 1.54) is 0 Å². The largest absolute Gasteiger partial charge is 0.481 e. The molecule has 2 aromatic carbocycles. The van der Waals surface area contributed by atoms with Gasteiger partial charge in [-0.2, -0.15) is 0 Å². The number of benzene rings is 2.